The van der Waals surface area contributed by atoms with Crippen molar-refractivity contribution in [2.45, 2.75) is 38.6 Å². The van der Waals surface area contributed by atoms with Crippen molar-refractivity contribution < 1.29 is 17.6 Å². The Hall–Kier alpha value is -2.64. The number of nitrogens with one attached hydrogen (secondary N) is 1. The van der Waals surface area contributed by atoms with Gasteiger partial charge in [-0.2, -0.15) is 4.31 Å². The lowest BCUT2D eigenvalue weighted by Gasteiger charge is -2.19. The number of amides is 1. The molecule has 29 heavy (non-hydrogen) atoms. The van der Waals surface area contributed by atoms with E-state index < -0.39 is 10.0 Å². The normalized spacial score (nSPS) is 13.0. The van der Waals surface area contributed by atoms with E-state index in [-0.39, 0.29) is 22.6 Å². The maximum atomic E-state index is 12.6. The maximum absolute atomic E-state index is 12.6. The Morgan fingerprint density at radius 2 is 1.72 bits per heavy atom. The Kier molecular flexibility index (Phi) is 6.10. The van der Waals surface area contributed by atoms with Gasteiger partial charge in [0.15, 0.2) is 5.76 Å². The topological polar surface area (TPSA) is 79.6 Å². The summed E-state index contributed by atoms with van der Waals surface area (Å²) in [6.07, 6.45) is 0. The highest BCUT2D eigenvalue weighted by Crippen LogP contribution is 2.23. The third-order valence-corrected chi connectivity index (χ3v) is 7.03. The monoisotopic (exact) mass is 414 g/mol. The average molecular weight is 415 g/mol. The van der Waals surface area contributed by atoms with Crippen molar-refractivity contribution in [3.8, 4) is 0 Å². The number of carbonyl (C=O) groups is 1. The van der Waals surface area contributed by atoms with E-state index in [9.17, 15) is 13.2 Å². The van der Waals surface area contributed by atoms with E-state index in [0.29, 0.717) is 18.7 Å². The van der Waals surface area contributed by atoms with E-state index in [2.05, 4.69) is 5.32 Å². The van der Waals surface area contributed by atoms with Crippen molar-refractivity contribution in [1.29, 1.82) is 0 Å². The number of fused-ring (bicyclic) bond motifs is 1. The Balaban J connectivity index is 1.74. The molecule has 1 aromatic heterocycles. The molecular formula is C22H26N2O4S. The largest absolute Gasteiger partial charge is 0.451 e. The fraction of sp³-hybridized carbons (Fsp3) is 0.318. The molecule has 0 aliphatic rings. The fourth-order valence-corrected chi connectivity index (χ4v) is 4.72. The lowest BCUT2D eigenvalue weighted by atomic mass is 10.1. The molecule has 0 aliphatic carbocycles. The first-order chi connectivity index (χ1) is 13.8. The van der Waals surface area contributed by atoms with E-state index in [1.807, 2.05) is 45.9 Å². The summed E-state index contributed by atoms with van der Waals surface area (Å²) in [5, 5.41) is 3.78. The Morgan fingerprint density at radius 3 is 2.34 bits per heavy atom. The van der Waals surface area contributed by atoms with Gasteiger partial charge >= 0.3 is 0 Å². The van der Waals surface area contributed by atoms with Crippen LogP contribution in [-0.4, -0.2) is 31.7 Å². The van der Waals surface area contributed by atoms with E-state index >= 15 is 0 Å². The minimum Gasteiger partial charge on any atom is -0.451 e. The van der Waals surface area contributed by atoms with E-state index in [1.165, 1.54) is 4.31 Å². The van der Waals surface area contributed by atoms with E-state index in [4.69, 9.17) is 4.42 Å². The quantitative estimate of drug-likeness (QED) is 0.626. The zero-order chi connectivity index (χ0) is 21.2. The molecule has 0 spiro atoms. The molecule has 0 saturated heterocycles. The molecule has 0 aliphatic heterocycles. The van der Waals surface area contributed by atoms with Crippen molar-refractivity contribution in [1.82, 2.24) is 9.62 Å². The number of hydrogen-bond acceptors (Lipinski definition) is 4. The molecule has 1 heterocycles. The highest BCUT2D eigenvalue weighted by Gasteiger charge is 2.22. The highest BCUT2D eigenvalue weighted by molar-refractivity contribution is 7.89. The first kappa shape index (κ1) is 21.1. The molecule has 154 valence electrons. The van der Waals surface area contributed by atoms with Gasteiger partial charge in [-0.05, 0) is 49.7 Å². The summed E-state index contributed by atoms with van der Waals surface area (Å²) in [5.74, 6) is -0.0654. The molecule has 1 unspecified atom stereocenters. The highest BCUT2D eigenvalue weighted by atomic mass is 32.2. The van der Waals surface area contributed by atoms with Gasteiger partial charge in [0.25, 0.3) is 5.91 Å². The number of aryl methyl sites for hydroxylation is 1. The summed E-state index contributed by atoms with van der Waals surface area (Å²) >= 11 is 0. The predicted molar refractivity (Wildman–Crippen MR) is 113 cm³/mol. The smallest absolute Gasteiger partial charge is 0.287 e. The van der Waals surface area contributed by atoms with Gasteiger partial charge in [-0.3, -0.25) is 4.79 Å². The van der Waals surface area contributed by atoms with Crippen LogP contribution in [0, 0.1) is 6.92 Å². The molecule has 2 aromatic carbocycles. The SMILES string of the molecule is CCN(CC)S(=O)(=O)c1ccc(C(C)NC(=O)c2cc3cc(C)ccc3o2)cc1. The van der Waals surface area contributed by atoms with Crippen LogP contribution in [0.4, 0.5) is 0 Å². The Labute approximate surface area is 171 Å². The summed E-state index contributed by atoms with van der Waals surface area (Å²) in [7, 11) is -3.50. The number of hydrogen-bond donors (Lipinski definition) is 1. The molecule has 0 fully saturated rings. The fourth-order valence-electron chi connectivity index (χ4n) is 3.27. The minimum absolute atomic E-state index is 0.246. The summed E-state index contributed by atoms with van der Waals surface area (Å²) in [6, 6.07) is 13.8. The second kappa shape index (κ2) is 8.39. The Bertz CT molecular complexity index is 1110. The van der Waals surface area contributed by atoms with Gasteiger partial charge in [-0.15, -0.1) is 0 Å². The van der Waals surface area contributed by atoms with Crippen molar-refractivity contribution in [3.63, 3.8) is 0 Å². The van der Waals surface area contributed by atoms with Gasteiger partial charge in [0.2, 0.25) is 10.0 Å². The molecule has 3 aromatic rings. The van der Waals surface area contributed by atoms with E-state index in [0.717, 1.165) is 16.5 Å². The molecule has 0 saturated carbocycles. The molecule has 7 heteroatoms. The molecule has 1 amide bonds. The number of sulfonamides is 1. The summed E-state index contributed by atoms with van der Waals surface area (Å²) in [4.78, 5) is 12.8. The van der Waals surface area contributed by atoms with E-state index in [1.54, 1.807) is 30.3 Å². The number of carbonyl (C=O) groups excluding carboxylic acids is 1. The van der Waals surface area contributed by atoms with Crippen LogP contribution in [0.3, 0.4) is 0 Å². The average Bonchev–Trinajstić information content (AvgIpc) is 3.12. The first-order valence-corrected chi connectivity index (χ1v) is 11.1. The standard InChI is InChI=1S/C22H26N2O4S/c1-5-24(6-2)29(26,27)19-10-8-17(9-11-19)16(4)23-22(25)21-14-18-13-15(3)7-12-20(18)28-21/h7-14,16H,5-6H2,1-4H3,(H,23,25). The number of furan rings is 1. The van der Waals surface area contributed by atoms with Crippen molar-refractivity contribution in [2.24, 2.45) is 0 Å². The molecule has 0 radical (unpaired) electrons. The van der Waals surface area contributed by atoms with Crippen LogP contribution in [-0.2, 0) is 10.0 Å². The van der Waals surface area contributed by atoms with Crippen LogP contribution in [0.15, 0.2) is 57.8 Å². The Morgan fingerprint density at radius 1 is 1.07 bits per heavy atom. The third kappa shape index (κ3) is 4.36. The molecule has 1 atom stereocenters. The van der Waals surface area contributed by atoms with Crippen molar-refractivity contribution >= 4 is 26.9 Å². The number of nitrogens with zero attached hydrogens (tertiary/aromatic N) is 1. The lowest BCUT2D eigenvalue weighted by molar-refractivity contribution is 0.0914. The second-order valence-electron chi connectivity index (χ2n) is 7.01. The maximum Gasteiger partial charge on any atom is 0.287 e. The van der Waals surface area contributed by atoms with Crippen LogP contribution in [0.25, 0.3) is 11.0 Å². The van der Waals surface area contributed by atoms with Crippen LogP contribution >= 0.6 is 0 Å². The van der Waals surface area contributed by atoms with Crippen molar-refractivity contribution in [2.75, 3.05) is 13.1 Å². The van der Waals surface area contributed by atoms with Crippen molar-refractivity contribution in [3.05, 3.63) is 65.4 Å². The van der Waals surface area contributed by atoms with Crippen LogP contribution in [0.5, 0.6) is 0 Å². The van der Waals surface area contributed by atoms with Gasteiger partial charge in [-0.25, -0.2) is 8.42 Å². The summed E-state index contributed by atoms with van der Waals surface area (Å²) in [6.45, 7) is 8.30. The molecule has 0 bridgehead atoms. The van der Waals surface area contributed by atoms with Gasteiger partial charge in [0.1, 0.15) is 5.58 Å². The molecular weight excluding hydrogens is 388 g/mol. The number of benzene rings is 2. The lowest BCUT2D eigenvalue weighted by Crippen LogP contribution is -2.30. The molecule has 6 nitrogen and oxygen atoms in total. The van der Waals surface area contributed by atoms with Gasteiger partial charge in [0, 0.05) is 18.5 Å². The van der Waals surface area contributed by atoms with Crippen LogP contribution < -0.4 is 5.32 Å². The van der Waals surface area contributed by atoms with Gasteiger partial charge in [-0.1, -0.05) is 37.6 Å². The minimum atomic E-state index is -3.50. The van der Waals surface area contributed by atoms with Crippen LogP contribution in [0.1, 0.15) is 48.5 Å². The zero-order valence-electron chi connectivity index (χ0n) is 17.1. The zero-order valence-corrected chi connectivity index (χ0v) is 17.9. The predicted octanol–water partition coefficient (Wildman–Crippen LogP) is 4.26. The third-order valence-electron chi connectivity index (χ3n) is 4.97. The van der Waals surface area contributed by atoms with Gasteiger partial charge in [0.05, 0.1) is 10.9 Å². The summed E-state index contributed by atoms with van der Waals surface area (Å²) in [5.41, 5.74) is 2.57. The first-order valence-electron chi connectivity index (χ1n) is 9.67. The molecule has 1 N–H and O–H groups in total. The summed E-state index contributed by atoms with van der Waals surface area (Å²) < 4.78 is 32.2. The number of rotatable bonds is 7. The molecule has 3 rings (SSSR count). The van der Waals surface area contributed by atoms with Gasteiger partial charge < -0.3 is 9.73 Å². The van der Waals surface area contributed by atoms with Crippen LogP contribution in [0.2, 0.25) is 0 Å². The second-order valence-corrected chi connectivity index (χ2v) is 8.94.